The molecule has 25 heavy (non-hydrogen) atoms. The standard InChI is InChI=1S/C16H14.C9H14/c1-3-13-11-8-12-16(15(13)4-2)14-9-6-5-7-10-14;1-2-9-5-3-8(7-9)4-6-9/h3-12H,1-2H2;3,5,8H,2,4,6-7H2,1H3. The van der Waals surface area contributed by atoms with Gasteiger partial charge in [-0.3, -0.25) is 0 Å². The Bertz CT molecular complexity index is 766. The fraction of sp³-hybridized carbons (Fsp3) is 0.280. The summed E-state index contributed by atoms with van der Waals surface area (Å²) in [5.41, 5.74) is 5.35. The van der Waals surface area contributed by atoms with Crippen LogP contribution in [0.5, 0.6) is 0 Å². The maximum absolute atomic E-state index is 3.88. The zero-order valence-electron chi connectivity index (χ0n) is 15.2. The topological polar surface area (TPSA) is 0 Å². The van der Waals surface area contributed by atoms with Crippen molar-refractivity contribution in [1.82, 2.24) is 0 Å². The Hall–Kier alpha value is -2.34. The molecule has 2 aliphatic rings. The van der Waals surface area contributed by atoms with Crippen LogP contribution in [0, 0.1) is 11.3 Å². The molecule has 0 nitrogen and oxygen atoms in total. The summed E-state index contributed by atoms with van der Waals surface area (Å²) in [4.78, 5) is 0. The summed E-state index contributed by atoms with van der Waals surface area (Å²) in [6, 6.07) is 16.5. The Labute approximate surface area is 152 Å². The molecule has 2 aromatic carbocycles. The molecule has 2 unspecified atom stereocenters. The van der Waals surface area contributed by atoms with Crippen molar-refractivity contribution in [3.8, 4) is 11.1 Å². The second-order valence-corrected chi connectivity index (χ2v) is 7.16. The molecule has 0 spiro atoms. The van der Waals surface area contributed by atoms with Crippen LogP contribution in [-0.2, 0) is 0 Å². The Morgan fingerprint density at radius 1 is 1.04 bits per heavy atom. The molecule has 128 valence electrons. The van der Waals surface area contributed by atoms with Crippen molar-refractivity contribution in [3.63, 3.8) is 0 Å². The molecule has 2 aliphatic carbocycles. The van der Waals surface area contributed by atoms with Gasteiger partial charge in [0, 0.05) is 0 Å². The number of fused-ring (bicyclic) bond motifs is 2. The second-order valence-electron chi connectivity index (χ2n) is 7.16. The lowest BCUT2D eigenvalue weighted by atomic mass is 9.85. The normalized spacial score (nSPS) is 23.0. The van der Waals surface area contributed by atoms with Crippen molar-refractivity contribution in [3.05, 3.63) is 85.0 Å². The molecule has 0 heteroatoms. The van der Waals surface area contributed by atoms with Crippen molar-refractivity contribution in [2.45, 2.75) is 32.6 Å². The third kappa shape index (κ3) is 3.69. The lowest BCUT2D eigenvalue weighted by molar-refractivity contribution is 0.388. The quantitative estimate of drug-likeness (QED) is 0.513. The van der Waals surface area contributed by atoms with Crippen LogP contribution in [0.2, 0.25) is 0 Å². The first-order valence-electron chi connectivity index (χ1n) is 9.34. The first-order valence-corrected chi connectivity index (χ1v) is 9.34. The van der Waals surface area contributed by atoms with Crippen LogP contribution >= 0.6 is 0 Å². The van der Waals surface area contributed by atoms with Gasteiger partial charge >= 0.3 is 0 Å². The van der Waals surface area contributed by atoms with Crippen LogP contribution in [0.1, 0.15) is 43.7 Å². The highest BCUT2D eigenvalue weighted by molar-refractivity contribution is 5.80. The molecular formula is C25H28. The maximum atomic E-state index is 3.88. The zero-order chi connectivity index (χ0) is 17.7. The van der Waals surface area contributed by atoms with E-state index in [1.54, 1.807) is 0 Å². The highest BCUT2D eigenvalue weighted by atomic mass is 14.4. The van der Waals surface area contributed by atoms with E-state index in [-0.39, 0.29) is 0 Å². The highest BCUT2D eigenvalue weighted by Crippen LogP contribution is 2.50. The predicted octanol–water partition coefficient (Wildman–Crippen LogP) is 7.39. The van der Waals surface area contributed by atoms with Crippen molar-refractivity contribution in [1.29, 1.82) is 0 Å². The second kappa shape index (κ2) is 7.70. The molecular weight excluding hydrogens is 300 g/mol. The molecule has 2 aromatic rings. The minimum atomic E-state index is 0.671. The predicted molar refractivity (Wildman–Crippen MR) is 111 cm³/mol. The molecule has 0 aromatic heterocycles. The summed E-state index contributed by atoms with van der Waals surface area (Å²) in [6.07, 6.45) is 14.4. The minimum Gasteiger partial charge on any atom is -0.0984 e. The summed E-state index contributed by atoms with van der Waals surface area (Å²) in [5, 5.41) is 0. The monoisotopic (exact) mass is 328 g/mol. The Kier molecular flexibility index (Phi) is 5.38. The number of rotatable bonds is 4. The third-order valence-corrected chi connectivity index (χ3v) is 5.76. The summed E-state index contributed by atoms with van der Waals surface area (Å²) in [6.45, 7) is 10.0. The summed E-state index contributed by atoms with van der Waals surface area (Å²) in [7, 11) is 0. The lowest BCUT2D eigenvalue weighted by Gasteiger charge is -2.19. The van der Waals surface area contributed by atoms with Crippen molar-refractivity contribution in [2.75, 3.05) is 0 Å². The van der Waals surface area contributed by atoms with Gasteiger partial charge in [-0.2, -0.15) is 0 Å². The van der Waals surface area contributed by atoms with E-state index in [2.05, 4.69) is 56.5 Å². The van der Waals surface area contributed by atoms with Crippen molar-refractivity contribution in [2.24, 2.45) is 11.3 Å². The van der Waals surface area contributed by atoms with E-state index in [9.17, 15) is 0 Å². The van der Waals surface area contributed by atoms with Crippen LogP contribution in [-0.4, -0.2) is 0 Å². The molecule has 0 heterocycles. The van der Waals surface area contributed by atoms with Gasteiger partial charge in [-0.1, -0.05) is 92.9 Å². The molecule has 0 saturated heterocycles. The van der Waals surface area contributed by atoms with E-state index in [4.69, 9.17) is 0 Å². The van der Waals surface area contributed by atoms with E-state index in [1.165, 1.54) is 36.8 Å². The van der Waals surface area contributed by atoms with Gasteiger partial charge in [-0.05, 0) is 59.3 Å². The molecule has 0 amide bonds. The van der Waals surface area contributed by atoms with Crippen molar-refractivity contribution < 1.29 is 0 Å². The van der Waals surface area contributed by atoms with E-state index in [0.717, 1.165) is 17.0 Å². The number of hydrogen-bond donors (Lipinski definition) is 0. The van der Waals surface area contributed by atoms with Gasteiger partial charge in [-0.15, -0.1) is 0 Å². The smallest absolute Gasteiger partial charge is 0.0106 e. The van der Waals surface area contributed by atoms with Gasteiger partial charge < -0.3 is 0 Å². The first-order chi connectivity index (χ1) is 12.2. The molecule has 2 atom stereocenters. The third-order valence-electron chi connectivity index (χ3n) is 5.76. The van der Waals surface area contributed by atoms with Crippen LogP contribution in [0.25, 0.3) is 23.3 Å². The van der Waals surface area contributed by atoms with Gasteiger partial charge in [0.05, 0.1) is 0 Å². The van der Waals surface area contributed by atoms with Crippen molar-refractivity contribution >= 4 is 12.2 Å². The van der Waals surface area contributed by atoms with E-state index in [1.807, 2.05) is 36.4 Å². The maximum Gasteiger partial charge on any atom is -0.0106 e. The van der Waals surface area contributed by atoms with E-state index >= 15 is 0 Å². The summed E-state index contributed by atoms with van der Waals surface area (Å²) < 4.78 is 0. The summed E-state index contributed by atoms with van der Waals surface area (Å²) >= 11 is 0. The molecule has 0 aliphatic heterocycles. The number of benzene rings is 2. The van der Waals surface area contributed by atoms with Gasteiger partial charge in [0.1, 0.15) is 0 Å². The van der Waals surface area contributed by atoms with E-state index in [0.29, 0.717) is 5.41 Å². The van der Waals surface area contributed by atoms with Crippen LogP contribution in [0.15, 0.2) is 73.8 Å². The lowest BCUT2D eigenvalue weighted by Crippen LogP contribution is -2.08. The molecule has 4 rings (SSSR count). The Balaban J connectivity index is 0.000000170. The van der Waals surface area contributed by atoms with Gasteiger partial charge in [0.2, 0.25) is 0 Å². The first kappa shape index (κ1) is 17.5. The fourth-order valence-electron chi connectivity index (χ4n) is 4.15. The molecule has 1 saturated carbocycles. The van der Waals surface area contributed by atoms with E-state index < -0.39 is 0 Å². The van der Waals surface area contributed by atoms with Gasteiger partial charge in [-0.25, -0.2) is 0 Å². The Morgan fingerprint density at radius 3 is 2.32 bits per heavy atom. The summed E-state index contributed by atoms with van der Waals surface area (Å²) in [5.74, 6) is 0.963. The minimum absolute atomic E-state index is 0.671. The fourth-order valence-corrected chi connectivity index (χ4v) is 4.15. The number of hydrogen-bond acceptors (Lipinski definition) is 0. The highest BCUT2D eigenvalue weighted by Gasteiger charge is 2.38. The average molecular weight is 328 g/mol. The SMILES string of the molecule is C=Cc1cccc(-c2ccccc2)c1C=C.CCC12C=CC(CC1)C2. The number of allylic oxidation sites excluding steroid dienone is 2. The molecule has 2 bridgehead atoms. The van der Waals surface area contributed by atoms with Crippen LogP contribution in [0.3, 0.4) is 0 Å². The van der Waals surface area contributed by atoms with Gasteiger partial charge in [0.15, 0.2) is 0 Å². The van der Waals surface area contributed by atoms with Gasteiger partial charge in [0.25, 0.3) is 0 Å². The largest absolute Gasteiger partial charge is 0.0984 e. The average Bonchev–Trinajstić information content (AvgIpc) is 3.30. The molecule has 1 fully saturated rings. The Morgan fingerprint density at radius 2 is 1.84 bits per heavy atom. The van der Waals surface area contributed by atoms with Crippen LogP contribution < -0.4 is 0 Å². The molecule has 0 radical (unpaired) electrons. The zero-order valence-corrected chi connectivity index (χ0v) is 15.2. The van der Waals surface area contributed by atoms with Crippen LogP contribution in [0.4, 0.5) is 0 Å². The molecule has 0 N–H and O–H groups in total.